The average Bonchev–Trinajstić information content (AvgIpc) is 2.91. The van der Waals surface area contributed by atoms with Crippen LogP contribution in [0.2, 0.25) is 0 Å². The van der Waals surface area contributed by atoms with Crippen LogP contribution < -0.4 is 0 Å². The lowest BCUT2D eigenvalue weighted by Gasteiger charge is -2.43. The normalized spacial score (nSPS) is 28.2. The molecule has 0 radical (unpaired) electrons. The number of piperidine rings is 1. The lowest BCUT2D eigenvalue weighted by atomic mass is 9.76. The first kappa shape index (κ1) is 15.3. The van der Waals surface area contributed by atoms with Crippen LogP contribution in [-0.4, -0.2) is 42.2 Å². The van der Waals surface area contributed by atoms with E-state index in [2.05, 4.69) is 0 Å². The number of hydrogen-bond acceptors (Lipinski definition) is 3. The molecule has 0 aromatic heterocycles. The van der Waals surface area contributed by atoms with Gasteiger partial charge in [0.25, 0.3) is 0 Å². The molecule has 2 aliphatic rings. The van der Waals surface area contributed by atoms with E-state index in [0.29, 0.717) is 5.56 Å². The zero-order valence-corrected chi connectivity index (χ0v) is 13.3. The molecular weight excluding hydrogens is 278 g/mol. The molecule has 1 amide bonds. The summed E-state index contributed by atoms with van der Waals surface area (Å²) in [5.74, 6) is 0.320. The fraction of sp³-hybridized carbons (Fsp3) is 0.611. The molecule has 3 rings (SSSR count). The molecule has 22 heavy (non-hydrogen) atoms. The van der Waals surface area contributed by atoms with Crippen molar-refractivity contribution in [1.82, 2.24) is 4.90 Å². The summed E-state index contributed by atoms with van der Waals surface area (Å²) in [5, 5.41) is 9.85. The predicted molar refractivity (Wildman–Crippen MR) is 84.7 cm³/mol. The number of para-hydroxylation sites is 1. The van der Waals surface area contributed by atoms with Gasteiger partial charge in [-0.2, -0.15) is 0 Å². The highest BCUT2D eigenvalue weighted by molar-refractivity contribution is 5.79. The SMILES string of the molecule is CO[C@@H]1CCC[C@@]12CCCN(C(=O)Cc1ccccc1O)C2. The molecule has 1 aliphatic heterocycles. The number of amides is 1. The Kier molecular flexibility index (Phi) is 4.39. The second-order valence-electron chi connectivity index (χ2n) is 6.70. The lowest BCUT2D eigenvalue weighted by molar-refractivity contribution is -0.136. The molecule has 1 heterocycles. The summed E-state index contributed by atoms with van der Waals surface area (Å²) in [6.07, 6.45) is 6.23. The van der Waals surface area contributed by atoms with Crippen molar-refractivity contribution >= 4 is 5.91 Å². The van der Waals surface area contributed by atoms with Crippen LogP contribution in [0, 0.1) is 5.41 Å². The maximum absolute atomic E-state index is 12.6. The van der Waals surface area contributed by atoms with Crippen LogP contribution in [0.15, 0.2) is 24.3 Å². The number of rotatable bonds is 3. The van der Waals surface area contributed by atoms with E-state index in [1.54, 1.807) is 19.2 Å². The highest BCUT2D eigenvalue weighted by Gasteiger charge is 2.46. The van der Waals surface area contributed by atoms with Gasteiger partial charge in [-0.15, -0.1) is 0 Å². The van der Waals surface area contributed by atoms with Crippen LogP contribution in [0.3, 0.4) is 0 Å². The number of benzene rings is 1. The molecule has 2 fully saturated rings. The number of ether oxygens (including phenoxy) is 1. The van der Waals surface area contributed by atoms with Crippen molar-refractivity contribution in [3.8, 4) is 5.75 Å². The van der Waals surface area contributed by atoms with Crippen LogP contribution in [0.4, 0.5) is 0 Å². The third-order valence-electron chi connectivity index (χ3n) is 5.40. The molecule has 1 saturated heterocycles. The molecule has 1 aromatic rings. The van der Waals surface area contributed by atoms with E-state index in [1.807, 2.05) is 17.0 Å². The van der Waals surface area contributed by atoms with E-state index >= 15 is 0 Å². The lowest BCUT2D eigenvalue weighted by Crippen LogP contribution is -2.50. The molecule has 0 unspecified atom stereocenters. The maximum Gasteiger partial charge on any atom is 0.227 e. The first-order valence-electron chi connectivity index (χ1n) is 8.22. The summed E-state index contributed by atoms with van der Waals surface area (Å²) in [7, 11) is 1.79. The van der Waals surface area contributed by atoms with E-state index in [1.165, 1.54) is 6.42 Å². The van der Waals surface area contributed by atoms with Crippen LogP contribution in [0.25, 0.3) is 0 Å². The number of hydrogen-bond donors (Lipinski definition) is 1. The summed E-state index contributed by atoms with van der Waals surface area (Å²) in [5.41, 5.74) is 0.864. The van der Waals surface area contributed by atoms with Gasteiger partial charge in [-0.3, -0.25) is 4.79 Å². The summed E-state index contributed by atoms with van der Waals surface area (Å²) >= 11 is 0. The number of likely N-dealkylation sites (tertiary alicyclic amines) is 1. The Morgan fingerprint density at radius 2 is 2.14 bits per heavy atom. The van der Waals surface area contributed by atoms with Crippen LogP contribution in [-0.2, 0) is 16.0 Å². The van der Waals surface area contributed by atoms with Crippen molar-refractivity contribution in [2.75, 3.05) is 20.2 Å². The standard InChI is InChI=1S/C18H25NO3/c1-22-16-8-4-9-18(16)10-5-11-19(13-18)17(21)12-14-6-2-3-7-15(14)20/h2-3,6-7,16,20H,4-5,8-13H2,1H3/t16-,18+/m1/s1. The van der Waals surface area contributed by atoms with Gasteiger partial charge >= 0.3 is 0 Å². The molecular formula is C18H25NO3. The van der Waals surface area contributed by atoms with Gasteiger partial charge in [0.1, 0.15) is 5.75 Å². The Morgan fingerprint density at radius 1 is 1.36 bits per heavy atom. The van der Waals surface area contributed by atoms with Crippen molar-refractivity contribution < 1.29 is 14.6 Å². The number of phenols is 1. The zero-order valence-electron chi connectivity index (χ0n) is 13.3. The molecule has 1 aromatic carbocycles. The van der Waals surface area contributed by atoms with Gasteiger partial charge in [0.05, 0.1) is 12.5 Å². The van der Waals surface area contributed by atoms with Gasteiger partial charge in [0.15, 0.2) is 0 Å². The quantitative estimate of drug-likeness (QED) is 0.934. The van der Waals surface area contributed by atoms with Crippen LogP contribution in [0.5, 0.6) is 5.75 Å². The Labute approximate surface area is 132 Å². The van der Waals surface area contributed by atoms with E-state index in [4.69, 9.17) is 4.74 Å². The third-order valence-corrected chi connectivity index (χ3v) is 5.40. The molecule has 0 bridgehead atoms. The second kappa shape index (κ2) is 6.29. The second-order valence-corrected chi connectivity index (χ2v) is 6.70. The van der Waals surface area contributed by atoms with Crippen LogP contribution in [0.1, 0.15) is 37.7 Å². The van der Waals surface area contributed by atoms with E-state index in [9.17, 15) is 9.90 Å². The number of nitrogens with zero attached hydrogens (tertiary/aromatic N) is 1. The molecule has 1 saturated carbocycles. The smallest absolute Gasteiger partial charge is 0.227 e. The number of carbonyl (C=O) groups is 1. The number of aromatic hydroxyl groups is 1. The van der Waals surface area contributed by atoms with Gasteiger partial charge in [-0.05, 0) is 31.7 Å². The van der Waals surface area contributed by atoms with Gasteiger partial charge in [-0.1, -0.05) is 24.6 Å². The fourth-order valence-electron chi connectivity index (χ4n) is 4.25. The highest BCUT2D eigenvalue weighted by Crippen LogP contribution is 2.46. The Hall–Kier alpha value is -1.55. The van der Waals surface area contributed by atoms with Gasteiger partial charge in [0.2, 0.25) is 5.91 Å². The van der Waals surface area contributed by atoms with Gasteiger partial charge < -0.3 is 14.7 Å². The number of methoxy groups -OCH3 is 1. The third kappa shape index (κ3) is 2.84. The average molecular weight is 303 g/mol. The topological polar surface area (TPSA) is 49.8 Å². The van der Waals surface area contributed by atoms with Crippen molar-refractivity contribution in [3.63, 3.8) is 0 Å². The molecule has 2 atom stereocenters. The van der Waals surface area contributed by atoms with Crippen molar-refractivity contribution in [2.24, 2.45) is 5.41 Å². The molecule has 1 aliphatic carbocycles. The number of carbonyl (C=O) groups excluding carboxylic acids is 1. The van der Waals surface area contributed by atoms with Crippen molar-refractivity contribution in [1.29, 1.82) is 0 Å². The Balaban J connectivity index is 1.69. The summed E-state index contributed by atoms with van der Waals surface area (Å²) < 4.78 is 5.69. The first-order chi connectivity index (χ1) is 10.6. The Morgan fingerprint density at radius 3 is 2.91 bits per heavy atom. The van der Waals surface area contributed by atoms with Crippen molar-refractivity contribution in [3.05, 3.63) is 29.8 Å². The highest BCUT2D eigenvalue weighted by atomic mass is 16.5. The minimum Gasteiger partial charge on any atom is -0.508 e. The first-order valence-corrected chi connectivity index (χ1v) is 8.22. The molecule has 120 valence electrons. The van der Waals surface area contributed by atoms with Gasteiger partial charge in [-0.25, -0.2) is 0 Å². The fourth-order valence-corrected chi connectivity index (χ4v) is 4.25. The summed E-state index contributed by atoms with van der Waals surface area (Å²) in [6, 6.07) is 7.09. The largest absolute Gasteiger partial charge is 0.508 e. The summed E-state index contributed by atoms with van der Waals surface area (Å²) in [4.78, 5) is 14.6. The maximum atomic E-state index is 12.6. The van der Waals surface area contributed by atoms with E-state index in [0.717, 1.165) is 38.8 Å². The predicted octanol–water partition coefficient (Wildman–Crippen LogP) is 2.74. The van der Waals surface area contributed by atoms with Crippen LogP contribution >= 0.6 is 0 Å². The van der Waals surface area contributed by atoms with Crippen molar-refractivity contribution in [2.45, 2.75) is 44.6 Å². The summed E-state index contributed by atoms with van der Waals surface area (Å²) in [6.45, 7) is 1.63. The van der Waals surface area contributed by atoms with E-state index < -0.39 is 0 Å². The zero-order chi connectivity index (χ0) is 15.6. The minimum atomic E-state index is 0.113. The van der Waals surface area contributed by atoms with E-state index in [-0.39, 0.29) is 29.6 Å². The number of phenolic OH excluding ortho intramolecular Hbond substituents is 1. The minimum absolute atomic E-state index is 0.113. The molecule has 1 N–H and O–H groups in total. The monoisotopic (exact) mass is 303 g/mol. The van der Waals surface area contributed by atoms with Gasteiger partial charge in [0, 0.05) is 31.2 Å². The Bertz CT molecular complexity index is 545. The molecule has 4 heteroatoms. The molecule has 1 spiro atoms. The molecule has 4 nitrogen and oxygen atoms in total.